The molecule has 96 valence electrons. The number of rotatable bonds is 3. The van der Waals surface area contributed by atoms with Gasteiger partial charge in [-0.25, -0.2) is 0 Å². The summed E-state index contributed by atoms with van der Waals surface area (Å²) in [6.45, 7) is 2.44. The molecule has 0 aliphatic heterocycles. The highest BCUT2D eigenvalue weighted by molar-refractivity contribution is 6.32. The summed E-state index contributed by atoms with van der Waals surface area (Å²) in [5.74, 6) is 0.0682. The molecule has 0 atom stereocenters. The van der Waals surface area contributed by atoms with E-state index in [0.29, 0.717) is 17.1 Å². The molecule has 4 heteroatoms. The second-order valence-electron chi connectivity index (χ2n) is 4.25. The fraction of sp³-hybridized carbons (Fsp3) is 0.133. The topological polar surface area (TPSA) is 56.0 Å². The predicted octanol–water partition coefficient (Wildman–Crippen LogP) is 3.84. The molecule has 0 saturated heterocycles. The number of hydrogen-bond acceptors (Lipinski definition) is 3. The summed E-state index contributed by atoms with van der Waals surface area (Å²) in [4.78, 5) is 0. The number of aromatic hydroxyl groups is 1. The number of anilines is 1. The number of halogens is 1. The van der Waals surface area contributed by atoms with Crippen LogP contribution in [0.2, 0.25) is 5.02 Å². The van der Waals surface area contributed by atoms with Crippen LogP contribution in [-0.2, 0) is 6.54 Å². The number of phenols is 1. The van der Waals surface area contributed by atoms with Crippen LogP contribution in [0.5, 0.6) is 5.75 Å². The van der Waals surface area contributed by atoms with Gasteiger partial charge in [-0.1, -0.05) is 29.8 Å². The van der Waals surface area contributed by atoms with Crippen LogP contribution < -0.4 is 5.32 Å². The van der Waals surface area contributed by atoms with E-state index in [4.69, 9.17) is 16.9 Å². The Hall–Kier alpha value is -2.18. The Morgan fingerprint density at radius 3 is 2.79 bits per heavy atom. The Labute approximate surface area is 117 Å². The smallest absolute Gasteiger partial charge is 0.134 e. The molecule has 2 N–H and O–H groups in total. The average Bonchev–Trinajstić information content (AvgIpc) is 2.40. The van der Waals surface area contributed by atoms with E-state index >= 15 is 0 Å². The van der Waals surface area contributed by atoms with Crippen molar-refractivity contribution in [2.45, 2.75) is 13.5 Å². The second-order valence-corrected chi connectivity index (χ2v) is 4.66. The van der Waals surface area contributed by atoms with Gasteiger partial charge >= 0.3 is 0 Å². The van der Waals surface area contributed by atoms with Crippen LogP contribution in [0, 0.1) is 18.3 Å². The second kappa shape index (κ2) is 5.64. The fourth-order valence-electron chi connectivity index (χ4n) is 1.82. The number of hydrogen-bond donors (Lipinski definition) is 2. The fourth-order valence-corrected chi connectivity index (χ4v) is 2.02. The van der Waals surface area contributed by atoms with E-state index < -0.39 is 0 Å². The summed E-state index contributed by atoms with van der Waals surface area (Å²) in [5.41, 5.74) is 3.32. The van der Waals surface area contributed by atoms with E-state index in [0.717, 1.165) is 16.8 Å². The Morgan fingerprint density at radius 1 is 1.32 bits per heavy atom. The minimum absolute atomic E-state index is 0.0682. The molecule has 0 spiro atoms. The Morgan fingerprint density at radius 2 is 2.11 bits per heavy atom. The van der Waals surface area contributed by atoms with Crippen molar-refractivity contribution in [2.24, 2.45) is 0 Å². The van der Waals surface area contributed by atoms with Gasteiger partial charge < -0.3 is 10.4 Å². The third-order valence-corrected chi connectivity index (χ3v) is 3.18. The molecule has 0 radical (unpaired) electrons. The van der Waals surface area contributed by atoms with E-state index in [1.165, 1.54) is 0 Å². The lowest BCUT2D eigenvalue weighted by molar-refractivity contribution is 0.475. The van der Waals surface area contributed by atoms with E-state index in [-0.39, 0.29) is 5.75 Å². The molecule has 2 aromatic carbocycles. The lowest BCUT2D eigenvalue weighted by atomic mass is 10.1. The monoisotopic (exact) mass is 272 g/mol. The molecule has 0 aliphatic rings. The number of benzene rings is 2. The zero-order chi connectivity index (χ0) is 13.8. The van der Waals surface area contributed by atoms with Gasteiger partial charge in [-0.3, -0.25) is 0 Å². The molecule has 0 unspecified atom stereocenters. The third-order valence-electron chi connectivity index (χ3n) is 2.88. The molecule has 0 fully saturated rings. The number of nitrogens with zero attached hydrogens (tertiary/aromatic N) is 1. The highest BCUT2D eigenvalue weighted by Crippen LogP contribution is 2.25. The molecule has 0 aromatic heterocycles. The summed E-state index contributed by atoms with van der Waals surface area (Å²) in [6, 6.07) is 12.9. The van der Waals surface area contributed by atoms with Crippen LogP contribution in [0.3, 0.4) is 0 Å². The average molecular weight is 273 g/mol. The van der Waals surface area contributed by atoms with Gasteiger partial charge in [0.25, 0.3) is 0 Å². The van der Waals surface area contributed by atoms with Crippen LogP contribution in [0.15, 0.2) is 36.4 Å². The van der Waals surface area contributed by atoms with E-state index in [9.17, 15) is 5.11 Å². The summed E-state index contributed by atoms with van der Waals surface area (Å²) < 4.78 is 0. The van der Waals surface area contributed by atoms with Crippen molar-refractivity contribution in [1.29, 1.82) is 5.26 Å². The third kappa shape index (κ3) is 2.98. The highest BCUT2D eigenvalue weighted by Gasteiger charge is 2.05. The molecular weight excluding hydrogens is 260 g/mol. The van der Waals surface area contributed by atoms with Crippen molar-refractivity contribution in [2.75, 3.05) is 5.32 Å². The zero-order valence-corrected chi connectivity index (χ0v) is 11.2. The Bertz CT molecular complexity index is 647. The number of nitriles is 1. The quantitative estimate of drug-likeness (QED) is 0.893. The number of phenolic OH excluding ortho intramolecular Hbond substituents is 1. The molecule has 0 saturated carbocycles. The molecule has 19 heavy (non-hydrogen) atoms. The minimum atomic E-state index is 0.0682. The van der Waals surface area contributed by atoms with Crippen molar-refractivity contribution >= 4 is 17.3 Å². The van der Waals surface area contributed by atoms with Crippen LogP contribution >= 0.6 is 11.6 Å². The van der Waals surface area contributed by atoms with E-state index in [1.54, 1.807) is 18.2 Å². The summed E-state index contributed by atoms with van der Waals surface area (Å²) in [6.07, 6.45) is 0. The van der Waals surface area contributed by atoms with Crippen LogP contribution in [0.4, 0.5) is 5.69 Å². The SMILES string of the molecule is Cc1cccc(NCc2ccc(O)c(Cl)c2)c1C#N. The van der Waals surface area contributed by atoms with Crippen LogP contribution in [0.25, 0.3) is 0 Å². The van der Waals surface area contributed by atoms with Crippen molar-refractivity contribution < 1.29 is 5.11 Å². The predicted molar refractivity (Wildman–Crippen MR) is 76.3 cm³/mol. The minimum Gasteiger partial charge on any atom is -0.506 e. The molecule has 2 rings (SSSR count). The first kappa shape index (κ1) is 13.3. The van der Waals surface area contributed by atoms with Gasteiger partial charge in [0, 0.05) is 6.54 Å². The van der Waals surface area contributed by atoms with Crippen LogP contribution in [0.1, 0.15) is 16.7 Å². The van der Waals surface area contributed by atoms with E-state index in [2.05, 4.69) is 11.4 Å². The van der Waals surface area contributed by atoms with Gasteiger partial charge in [-0.2, -0.15) is 5.26 Å². The number of nitrogens with one attached hydrogen (secondary N) is 1. The molecule has 2 aromatic rings. The molecule has 0 heterocycles. The lowest BCUT2D eigenvalue weighted by Gasteiger charge is -2.10. The van der Waals surface area contributed by atoms with Gasteiger partial charge in [0.05, 0.1) is 16.3 Å². The molecule has 0 amide bonds. The van der Waals surface area contributed by atoms with Gasteiger partial charge in [0.1, 0.15) is 11.8 Å². The van der Waals surface area contributed by atoms with Gasteiger partial charge in [-0.15, -0.1) is 0 Å². The molecule has 0 aliphatic carbocycles. The van der Waals surface area contributed by atoms with Gasteiger partial charge in [0.2, 0.25) is 0 Å². The number of aryl methyl sites for hydroxylation is 1. The zero-order valence-electron chi connectivity index (χ0n) is 10.4. The Balaban J connectivity index is 2.17. The van der Waals surface area contributed by atoms with Crippen molar-refractivity contribution in [3.8, 4) is 11.8 Å². The first-order valence-electron chi connectivity index (χ1n) is 5.83. The lowest BCUT2D eigenvalue weighted by Crippen LogP contribution is -2.02. The van der Waals surface area contributed by atoms with Gasteiger partial charge in [0.15, 0.2) is 0 Å². The maximum Gasteiger partial charge on any atom is 0.134 e. The van der Waals surface area contributed by atoms with Crippen molar-refractivity contribution in [3.05, 3.63) is 58.1 Å². The first-order chi connectivity index (χ1) is 9.11. The van der Waals surface area contributed by atoms with E-state index in [1.807, 2.05) is 25.1 Å². The standard InChI is InChI=1S/C15H13ClN2O/c1-10-3-2-4-14(12(10)8-17)18-9-11-5-6-15(19)13(16)7-11/h2-7,18-19H,9H2,1H3. The highest BCUT2D eigenvalue weighted by atomic mass is 35.5. The summed E-state index contributed by atoms with van der Waals surface area (Å²) >= 11 is 5.85. The largest absolute Gasteiger partial charge is 0.506 e. The first-order valence-corrected chi connectivity index (χ1v) is 6.20. The van der Waals surface area contributed by atoms with Crippen molar-refractivity contribution in [1.82, 2.24) is 0 Å². The molecule has 0 bridgehead atoms. The van der Waals surface area contributed by atoms with Crippen molar-refractivity contribution in [3.63, 3.8) is 0 Å². The maximum atomic E-state index is 9.35. The normalized spacial score (nSPS) is 9.95. The van der Waals surface area contributed by atoms with Crippen LogP contribution in [-0.4, -0.2) is 5.11 Å². The molecule has 3 nitrogen and oxygen atoms in total. The molecular formula is C15H13ClN2O. The summed E-state index contributed by atoms with van der Waals surface area (Å²) in [5, 5.41) is 22.0. The van der Waals surface area contributed by atoms with Gasteiger partial charge in [-0.05, 0) is 36.2 Å². The summed E-state index contributed by atoms with van der Waals surface area (Å²) in [7, 11) is 0. The maximum absolute atomic E-state index is 9.35. The Kier molecular flexibility index (Phi) is 3.94.